The minimum Gasteiger partial charge on any atom is -0.368 e. The summed E-state index contributed by atoms with van der Waals surface area (Å²) in [5.74, 6) is 5.75. The first-order chi connectivity index (χ1) is 18.1. The molecule has 0 saturated carbocycles. The van der Waals surface area contributed by atoms with Crippen molar-refractivity contribution in [3.8, 4) is 40.2 Å². The van der Waals surface area contributed by atoms with Crippen LogP contribution in [0.25, 0.3) is 27.8 Å². The fourth-order valence-electron chi connectivity index (χ4n) is 3.87. The molecule has 1 aromatic carbocycles. The van der Waals surface area contributed by atoms with E-state index in [1.165, 1.54) is 0 Å². The van der Waals surface area contributed by atoms with Crippen LogP contribution in [0.3, 0.4) is 0 Å². The molecule has 0 unspecified atom stereocenters. The van der Waals surface area contributed by atoms with Gasteiger partial charge in [-0.15, -0.1) is 0 Å². The van der Waals surface area contributed by atoms with Gasteiger partial charge in [0.2, 0.25) is 0 Å². The van der Waals surface area contributed by atoms with Crippen molar-refractivity contribution < 1.29 is 4.79 Å². The summed E-state index contributed by atoms with van der Waals surface area (Å²) in [7, 11) is 1.86. The van der Waals surface area contributed by atoms with Crippen LogP contribution < -0.4 is 10.6 Å². The predicted octanol–water partition coefficient (Wildman–Crippen LogP) is 3.25. The fraction of sp³-hybridized carbons (Fsp3) is 0.107. The number of carbonyl (C=O) groups excluding carboxylic acids is 1. The van der Waals surface area contributed by atoms with Crippen LogP contribution in [0, 0.1) is 23.2 Å². The predicted molar refractivity (Wildman–Crippen MR) is 140 cm³/mol. The Bertz CT molecular complexity index is 1660. The lowest BCUT2D eigenvalue weighted by molar-refractivity contribution is -0.115. The molecule has 0 spiro atoms. The van der Waals surface area contributed by atoms with Gasteiger partial charge in [0.1, 0.15) is 11.9 Å². The van der Waals surface area contributed by atoms with Gasteiger partial charge >= 0.3 is 0 Å². The number of benzene rings is 1. The highest BCUT2D eigenvalue weighted by Gasteiger charge is 2.14. The molecular weight excluding hydrogens is 464 g/mol. The first kappa shape index (κ1) is 23.3. The molecule has 4 heterocycles. The highest BCUT2D eigenvalue weighted by atomic mass is 16.1. The highest BCUT2D eigenvalue weighted by Crippen LogP contribution is 2.31. The van der Waals surface area contributed by atoms with Gasteiger partial charge in [0.05, 0.1) is 23.5 Å². The number of nitrogens with one attached hydrogen (secondary N) is 2. The molecule has 5 rings (SSSR count). The van der Waals surface area contributed by atoms with Crippen LogP contribution in [-0.4, -0.2) is 43.4 Å². The third kappa shape index (κ3) is 5.31. The van der Waals surface area contributed by atoms with E-state index in [1.807, 2.05) is 68.0 Å². The van der Waals surface area contributed by atoms with Crippen LogP contribution >= 0.6 is 0 Å². The number of anilines is 1. The van der Waals surface area contributed by atoms with Gasteiger partial charge in [-0.2, -0.15) is 15.5 Å². The van der Waals surface area contributed by atoms with Gasteiger partial charge in [0.15, 0.2) is 0 Å². The Morgan fingerprint density at radius 1 is 0.973 bits per heavy atom. The molecule has 0 aliphatic heterocycles. The Kier molecular flexibility index (Phi) is 6.60. The topological polar surface area (TPSA) is 113 Å². The van der Waals surface area contributed by atoms with E-state index in [2.05, 4.69) is 43.7 Å². The summed E-state index contributed by atoms with van der Waals surface area (Å²) in [6, 6.07) is 17.4. The van der Waals surface area contributed by atoms with Crippen LogP contribution in [0.1, 0.15) is 11.1 Å². The van der Waals surface area contributed by atoms with E-state index in [0.29, 0.717) is 24.5 Å². The minimum atomic E-state index is -0.333. The van der Waals surface area contributed by atoms with Crippen molar-refractivity contribution in [1.82, 2.24) is 29.7 Å². The number of nitrogens with zero attached hydrogens (tertiary/aromatic N) is 6. The van der Waals surface area contributed by atoms with Gasteiger partial charge in [0, 0.05) is 72.5 Å². The zero-order valence-corrected chi connectivity index (χ0v) is 20.0. The molecule has 180 valence electrons. The van der Waals surface area contributed by atoms with Crippen molar-refractivity contribution in [2.45, 2.75) is 0 Å². The van der Waals surface area contributed by atoms with Crippen molar-refractivity contribution in [1.29, 1.82) is 5.26 Å². The van der Waals surface area contributed by atoms with Gasteiger partial charge < -0.3 is 10.6 Å². The maximum absolute atomic E-state index is 11.9. The number of carbonyl (C=O) groups is 1. The van der Waals surface area contributed by atoms with Crippen molar-refractivity contribution in [3.05, 3.63) is 90.6 Å². The fourth-order valence-corrected chi connectivity index (χ4v) is 3.87. The van der Waals surface area contributed by atoms with Crippen LogP contribution in [0.2, 0.25) is 0 Å². The molecule has 9 heteroatoms. The summed E-state index contributed by atoms with van der Waals surface area (Å²) in [6.45, 7) is 0.897. The molecule has 0 atom stereocenters. The SMILES string of the molecule is Cn1cc(-c2cc(-c3ccc(NCCNC(=O)C#Cc4ccccc4)nc3)c3c(C#N)cnn3c2)cn1. The summed E-state index contributed by atoms with van der Waals surface area (Å²) < 4.78 is 3.45. The highest BCUT2D eigenvalue weighted by molar-refractivity contribution is 5.94. The normalized spacial score (nSPS) is 10.4. The third-order valence-electron chi connectivity index (χ3n) is 5.66. The minimum absolute atomic E-state index is 0.333. The average Bonchev–Trinajstić information content (AvgIpc) is 3.56. The van der Waals surface area contributed by atoms with Gasteiger partial charge in [-0.25, -0.2) is 9.50 Å². The second-order valence-electron chi connectivity index (χ2n) is 8.24. The van der Waals surface area contributed by atoms with Gasteiger partial charge in [0.25, 0.3) is 5.91 Å². The maximum Gasteiger partial charge on any atom is 0.296 e. The molecule has 37 heavy (non-hydrogen) atoms. The number of aromatic nitrogens is 5. The standard InChI is InChI=1S/C28H22N8O/c1-35-18-24(17-33-35)22-13-25(28-23(14-29)16-34-36(28)19-22)21-8-9-26(32-15-21)30-11-12-31-27(37)10-7-20-5-3-2-4-6-20/h2-6,8-9,13,15-19H,11-12H2,1H3,(H,30,32)(H,31,37). The number of aryl methyl sites for hydroxylation is 1. The molecule has 0 radical (unpaired) electrons. The Morgan fingerprint density at radius 2 is 1.84 bits per heavy atom. The lowest BCUT2D eigenvalue weighted by atomic mass is 10.0. The molecule has 1 amide bonds. The van der Waals surface area contributed by atoms with E-state index in [-0.39, 0.29) is 5.91 Å². The summed E-state index contributed by atoms with van der Waals surface area (Å²) in [5, 5.41) is 24.2. The molecule has 2 N–H and O–H groups in total. The van der Waals surface area contributed by atoms with Crippen LogP contribution in [0.15, 0.2) is 79.5 Å². The third-order valence-corrected chi connectivity index (χ3v) is 5.66. The van der Waals surface area contributed by atoms with Gasteiger partial charge in [-0.3, -0.25) is 9.48 Å². The van der Waals surface area contributed by atoms with Gasteiger partial charge in [-0.05, 0) is 30.3 Å². The van der Waals surface area contributed by atoms with E-state index >= 15 is 0 Å². The second-order valence-corrected chi connectivity index (χ2v) is 8.24. The largest absolute Gasteiger partial charge is 0.368 e. The number of nitriles is 1. The van der Waals surface area contributed by atoms with Crippen molar-refractivity contribution in [2.75, 3.05) is 18.4 Å². The molecular formula is C28H22N8O. The maximum atomic E-state index is 11.9. The quantitative estimate of drug-likeness (QED) is 0.281. The lowest BCUT2D eigenvalue weighted by Crippen LogP contribution is -2.27. The van der Waals surface area contributed by atoms with Crippen molar-refractivity contribution in [3.63, 3.8) is 0 Å². The van der Waals surface area contributed by atoms with Crippen LogP contribution in [0.4, 0.5) is 5.82 Å². The molecule has 4 aromatic heterocycles. The molecule has 0 aliphatic rings. The second kappa shape index (κ2) is 10.5. The van der Waals surface area contributed by atoms with E-state index in [4.69, 9.17) is 0 Å². The Balaban J connectivity index is 1.27. The van der Waals surface area contributed by atoms with E-state index in [9.17, 15) is 10.1 Å². The Labute approximate surface area is 213 Å². The van der Waals surface area contributed by atoms with Crippen LogP contribution in [0.5, 0.6) is 0 Å². The summed E-state index contributed by atoms with van der Waals surface area (Å²) >= 11 is 0. The molecule has 0 aliphatic carbocycles. The molecule has 9 nitrogen and oxygen atoms in total. The van der Waals surface area contributed by atoms with E-state index in [0.717, 1.165) is 33.3 Å². The summed E-state index contributed by atoms with van der Waals surface area (Å²) in [6.07, 6.45) is 8.92. The van der Waals surface area contributed by atoms with Crippen molar-refractivity contribution in [2.24, 2.45) is 7.05 Å². The summed E-state index contributed by atoms with van der Waals surface area (Å²) in [4.78, 5) is 16.5. The summed E-state index contributed by atoms with van der Waals surface area (Å²) in [5.41, 5.74) is 5.57. The zero-order valence-electron chi connectivity index (χ0n) is 20.0. The zero-order chi connectivity index (χ0) is 25.6. The Morgan fingerprint density at radius 3 is 2.57 bits per heavy atom. The van der Waals surface area contributed by atoms with E-state index < -0.39 is 0 Å². The molecule has 5 aromatic rings. The van der Waals surface area contributed by atoms with E-state index in [1.54, 1.807) is 27.8 Å². The molecule has 0 saturated heterocycles. The smallest absolute Gasteiger partial charge is 0.296 e. The first-order valence-electron chi connectivity index (χ1n) is 11.6. The molecule has 0 bridgehead atoms. The van der Waals surface area contributed by atoms with Gasteiger partial charge in [-0.1, -0.05) is 24.1 Å². The monoisotopic (exact) mass is 486 g/mol. The number of hydrogen-bond acceptors (Lipinski definition) is 6. The number of amides is 1. The van der Waals surface area contributed by atoms with Crippen molar-refractivity contribution >= 4 is 17.2 Å². The number of fused-ring (bicyclic) bond motifs is 1. The molecule has 0 fully saturated rings. The number of pyridine rings is 2. The Hall–Kier alpha value is -5.41. The lowest BCUT2D eigenvalue weighted by Gasteiger charge is -2.10. The number of rotatable bonds is 6. The average molecular weight is 487 g/mol. The van der Waals surface area contributed by atoms with Crippen LogP contribution in [-0.2, 0) is 11.8 Å². The first-order valence-corrected chi connectivity index (χ1v) is 11.6. The number of hydrogen-bond donors (Lipinski definition) is 2.